The summed E-state index contributed by atoms with van der Waals surface area (Å²) >= 11 is 0. The maximum absolute atomic E-state index is 12.3. The molecule has 4 heteroatoms. The van der Waals surface area contributed by atoms with Crippen LogP contribution in [0.3, 0.4) is 0 Å². The Hall–Kier alpha value is -1.55. The molecule has 0 spiro atoms. The minimum Gasteiger partial charge on any atom is -0.372 e. The molecule has 1 N–H and O–H groups in total. The molecule has 0 saturated carbocycles. The van der Waals surface area contributed by atoms with E-state index in [2.05, 4.69) is 31.3 Å². The van der Waals surface area contributed by atoms with Gasteiger partial charge in [0.25, 0.3) is 0 Å². The Morgan fingerprint density at radius 3 is 2.38 bits per heavy atom. The molecule has 0 radical (unpaired) electrons. The van der Waals surface area contributed by atoms with Crippen molar-refractivity contribution in [2.45, 2.75) is 45.3 Å². The molecule has 1 aliphatic rings. The van der Waals surface area contributed by atoms with Gasteiger partial charge in [-0.15, -0.1) is 0 Å². The van der Waals surface area contributed by atoms with Crippen molar-refractivity contribution in [3.63, 3.8) is 0 Å². The number of benzene rings is 1. The highest BCUT2D eigenvalue weighted by Gasteiger charge is 2.27. The van der Waals surface area contributed by atoms with Gasteiger partial charge in [0.1, 0.15) is 0 Å². The number of hydrogen-bond donors (Lipinski definition) is 1. The number of hydrogen-bond acceptors (Lipinski definition) is 2. The molecule has 4 nitrogen and oxygen atoms in total. The van der Waals surface area contributed by atoms with E-state index in [4.69, 9.17) is 4.74 Å². The summed E-state index contributed by atoms with van der Waals surface area (Å²) in [4.78, 5) is 14.2. The fraction of sp³-hybridized carbons (Fsp3) is 0.588. The van der Waals surface area contributed by atoms with Gasteiger partial charge in [-0.3, -0.25) is 0 Å². The van der Waals surface area contributed by atoms with Crippen LogP contribution >= 0.6 is 0 Å². The van der Waals surface area contributed by atoms with Crippen molar-refractivity contribution in [2.24, 2.45) is 0 Å². The number of morpholine rings is 1. The SMILES string of the molecule is C[C@H]1CN(C(=O)NCC(C)(C)c2ccccc2)C[C@H](C)O1. The van der Waals surface area contributed by atoms with Crippen molar-refractivity contribution in [1.82, 2.24) is 10.2 Å². The number of nitrogens with zero attached hydrogens (tertiary/aromatic N) is 1. The Labute approximate surface area is 127 Å². The molecule has 0 aromatic heterocycles. The summed E-state index contributed by atoms with van der Waals surface area (Å²) in [5.41, 5.74) is 1.15. The van der Waals surface area contributed by atoms with Gasteiger partial charge in [0.05, 0.1) is 12.2 Å². The Morgan fingerprint density at radius 1 is 1.24 bits per heavy atom. The molecule has 21 heavy (non-hydrogen) atoms. The molecule has 0 aliphatic carbocycles. The number of carbonyl (C=O) groups excluding carboxylic acids is 1. The highest BCUT2D eigenvalue weighted by Crippen LogP contribution is 2.22. The lowest BCUT2D eigenvalue weighted by Gasteiger charge is -2.36. The van der Waals surface area contributed by atoms with Gasteiger partial charge in [-0.1, -0.05) is 44.2 Å². The van der Waals surface area contributed by atoms with Gasteiger partial charge >= 0.3 is 6.03 Å². The van der Waals surface area contributed by atoms with Gasteiger partial charge < -0.3 is 15.0 Å². The molecular weight excluding hydrogens is 264 g/mol. The molecular formula is C17H26N2O2. The summed E-state index contributed by atoms with van der Waals surface area (Å²) in [6, 6.07) is 10.3. The average molecular weight is 290 g/mol. The summed E-state index contributed by atoms with van der Waals surface area (Å²) in [7, 11) is 0. The van der Waals surface area contributed by atoms with E-state index in [9.17, 15) is 4.79 Å². The number of carbonyl (C=O) groups is 1. The second kappa shape index (κ2) is 6.48. The van der Waals surface area contributed by atoms with E-state index in [1.165, 1.54) is 5.56 Å². The Morgan fingerprint density at radius 2 is 1.81 bits per heavy atom. The van der Waals surface area contributed by atoms with E-state index in [0.717, 1.165) is 0 Å². The third kappa shape index (κ3) is 4.21. The largest absolute Gasteiger partial charge is 0.372 e. The molecule has 0 bridgehead atoms. The lowest BCUT2D eigenvalue weighted by Crippen LogP contribution is -2.53. The first-order valence-electron chi connectivity index (χ1n) is 7.62. The first-order chi connectivity index (χ1) is 9.88. The van der Waals surface area contributed by atoms with Crippen LogP contribution < -0.4 is 5.32 Å². The Bertz CT molecular complexity index is 463. The smallest absolute Gasteiger partial charge is 0.317 e. The van der Waals surface area contributed by atoms with Crippen LogP contribution in [0.4, 0.5) is 4.79 Å². The third-order valence-corrected chi connectivity index (χ3v) is 3.94. The van der Waals surface area contributed by atoms with E-state index in [1.54, 1.807) is 0 Å². The summed E-state index contributed by atoms with van der Waals surface area (Å²) in [5, 5.41) is 3.06. The first kappa shape index (κ1) is 15.8. The second-order valence-electron chi connectivity index (χ2n) is 6.57. The molecule has 2 atom stereocenters. The van der Waals surface area contributed by atoms with E-state index in [-0.39, 0.29) is 23.7 Å². The number of nitrogens with one attached hydrogen (secondary N) is 1. The predicted molar refractivity (Wildman–Crippen MR) is 84.4 cm³/mol. The fourth-order valence-electron chi connectivity index (χ4n) is 2.74. The molecule has 116 valence electrons. The molecule has 2 amide bonds. The van der Waals surface area contributed by atoms with Gasteiger partial charge in [-0.2, -0.15) is 0 Å². The quantitative estimate of drug-likeness (QED) is 0.930. The highest BCUT2D eigenvalue weighted by molar-refractivity contribution is 5.74. The lowest BCUT2D eigenvalue weighted by molar-refractivity contribution is -0.0545. The molecule has 1 fully saturated rings. The van der Waals surface area contributed by atoms with Gasteiger partial charge in [0, 0.05) is 25.0 Å². The maximum atomic E-state index is 12.3. The average Bonchev–Trinajstić information content (AvgIpc) is 2.45. The lowest BCUT2D eigenvalue weighted by atomic mass is 9.85. The van der Waals surface area contributed by atoms with Gasteiger partial charge in [-0.05, 0) is 19.4 Å². The molecule has 1 saturated heterocycles. The zero-order valence-electron chi connectivity index (χ0n) is 13.4. The van der Waals surface area contributed by atoms with Crippen LogP contribution in [0, 0.1) is 0 Å². The van der Waals surface area contributed by atoms with E-state index in [1.807, 2.05) is 36.9 Å². The molecule has 2 rings (SSSR count). The summed E-state index contributed by atoms with van der Waals surface area (Å²) in [5.74, 6) is 0. The van der Waals surface area contributed by atoms with Crippen LogP contribution in [0.2, 0.25) is 0 Å². The maximum Gasteiger partial charge on any atom is 0.317 e. The number of urea groups is 1. The van der Waals surface area contributed by atoms with Crippen LogP contribution in [0.25, 0.3) is 0 Å². The summed E-state index contributed by atoms with van der Waals surface area (Å²) < 4.78 is 5.66. The number of rotatable bonds is 3. The van der Waals surface area contributed by atoms with E-state index < -0.39 is 0 Å². The predicted octanol–water partition coefficient (Wildman–Crippen LogP) is 2.78. The van der Waals surface area contributed by atoms with Crippen LogP contribution in [0.1, 0.15) is 33.3 Å². The van der Waals surface area contributed by atoms with Crippen LogP contribution in [-0.2, 0) is 10.2 Å². The van der Waals surface area contributed by atoms with Crippen molar-refractivity contribution >= 4 is 6.03 Å². The number of amides is 2. The summed E-state index contributed by atoms with van der Waals surface area (Å²) in [6.45, 7) is 10.2. The van der Waals surface area contributed by atoms with Crippen LogP contribution in [0.5, 0.6) is 0 Å². The van der Waals surface area contributed by atoms with Crippen LogP contribution in [0.15, 0.2) is 30.3 Å². The normalized spacial score (nSPS) is 23.0. The Kier molecular flexibility index (Phi) is 4.88. The van der Waals surface area contributed by atoms with Crippen LogP contribution in [-0.4, -0.2) is 42.8 Å². The first-order valence-corrected chi connectivity index (χ1v) is 7.62. The minimum atomic E-state index is -0.0829. The molecule has 0 unspecified atom stereocenters. The minimum absolute atomic E-state index is 0.000932. The van der Waals surface area contributed by atoms with Crippen molar-refractivity contribution in [3.8, 4) is 0 Å². The van der Waals surface area contributed by atoms with Crippen molar-refractivity contribution in [3.05, 3.63) is 35.9 Å². The standard InChI is InChI=1S/C17H26N2O2/c1-13-10-19(11-14(2)21-13)16(20)18-12-17(3,4)15-8-6-5-7-9-15/h5-9,13-14H,10-12H2,1-4H3,(H,18,20)/t13-,14-/m0/s1. The van der Waals surface area contributed by atoms with Crippen molar-refractivity contribution in [2.75, 3.05) is 19.6 Å². The van der Waals surface area contributed by atoms with Gasteiger partial charge in [-0.25, -0.2) is 4.79 Å². The zero-order chi connectivity index (χ0) is 15.5. The van der Waals surface area contributed by atoms with Crippen molar-refractivity contribution in [1.29, 1.82) is 0 Å². The molecule has 1 aromatic rings. The van der Waals surface area contributed by atoms with Gasteiger partial charge in [0.2, 0.25) is 0 Å². The second-order valence-corrected chi connectivity index (χ2v) is 6.57. The van der Waals surface area contributed by atoms with Crippen molar-refractivity contribution < 1.29 is 9.53 Å². The topological polar surface area (TPSA) is 41.6 Å². The van der Waals surface area contributed by atoms with E-state index >= 15 is 0 Å². The third-order valence-electron chi connectivity index (χ3n) is 3.94. The van der Waals surface area contributed by atoms with Gasteiger partial charge in [0.15, 0.2) is 0 Å². The monoisotopic (exact) mass is 290 g/mol. The zero-order valence-corrected chi connectivity index (χ0v) is 13.4. The molecule has 1 heterocycles. The summed E-state index contributed by atoms with van der Waals surface area (Å²) in [6.07, 6.45) is 0.197. The fourth-order valence-corrected chi connectivity index (χ4v) is 2.74. The van der Waals surface area contributed by atoms with E-state index in [0.29, 0.717) is 19.6 Å². The highest BCUT2D eigenvalue weighted by atomic mass is 16.5. The Balaban J connectivity index is 1.91. The molecule has 1 aromatic carbocycles. The molecule has 1 aliphatic heterocycles. The number of ether oxygens (including phenoxy) is 1.